The van der Waals surface area contributed by atoms with E-state index < -0.39 is 17.2 Å². The van der Waals surface area contributed by atoms with E-state index >= 15 is 0 Å². The summed E-state index contributed by atoms with van der Waals surface area (Å²) in [5, 5.41) is 11.3. The van der Waals surface area contributed by atoms with Gasteiger partial charge in [0.15, 0.2) is 18.0 Å². The molecule has 0 heterocycles. The maximum atomic E-state index is 13.4. The van der Waals surface area contributed by atoms with E-state index in [9.17, 15) is 14.7 Å². The van der Waals surface area contributed by atoms with Crippen LogP contribution in [-0.4, -0.2) is 34.7 Å². The average Bonchev–Trinajstić information content (AvgIpc) is 3.53. The van der Waals surface area contributed by atoms with Gasteiger partial charge in [-0.25, -0.2) is 4.79 Å². The van der Waals surface area contributed by atoms with Gasteiger partial charge < -0.3 is 14.6 Å². The van der Waals surface area contributed by atoms with Crippen molar-refractivity contribution in [3.8, 4) is 30.4 Å². The summed E-state index contributed by atoms with van der Waals surface area (Å²) in [5.74, 6) is 9.99. The van der Waals surface area contributed by atoms with E-state index in [1.165, 1.54) is 16.7 Å². The van der Waals surface area contributed by atoms with Crippen LogP contribution < -0.4 is 4.74 Å². The molecule has 1 aromatic rings. The molecule has 7 aliphatic carbocycles. The van der Waals surface area contributed by atoms with Crippen molar-refractivity contribution in [2.45, 2.75) is 121 Å². The molecule has 0 aromatic heterocycles. The molecule has 0 amide bonds. The Hall–Kier alpha value is -3.02. The lowest BCUT2D eigenvalue weighted by atomic mass is 9.50. The third kappa shape index (κ3) is 4.48. The first-order valence-corrected chi connectivity index (χ1v) is 18.4. The number of terminal acetylenes is 2. The Kier molecular flexibility index (Phi) is 7.32. The molecule has 248 valence electrons. The van der Waals surface area contributed by atoms with E-state index in [1.807, 2.05) is 12.1 Å². The van der Waals surface area contributed by atoms with Gasteiger partial charge in [0, 0.05) is 17.3 Å². The van der Waals surface area contributed by atoms with Gasteiger partial charge in [-0.15, -0.1) is 12.8 Å². The molecule has 47 heavy (non-hydrogen) atoms. The summed E-state index contributed by atoms with van der Waals surface area (Å²) in [4.78, 5) is 25.5. The molecule has 4 unspecified atom stereocenters. The predicted molar refractivity (Wildman–Crippen MR) is 180 cm³/mol. The molecule has 5 nitrogen and oxygen atoms in total. The van der Waals surface area contributed by atoms with Crippen molar-refractivity contribution < 1.29 is 24.2 Å². The summed E-state index contributed by atoms with van der Waals surface area (Å²) >= 11 is 0. The second kappa shape index (κ2) is 11.0. The number of rotatable bonds is 4. The van der Waals surface area contributed by atoms with Gasteiger partial charge in [0.2, 0.25) is 0 Å². The standard InChI is InChI=1S/C42H50O5/c1-5-41(45)21-17-36-34-12-8-27-24-29(10-14-31(27)32(34)15-19-39(36,41)3)46-25-38(44)47-42(6-2)22-18-37-35-11-7-26-23-28(43)9-13-30(26)33(35)16-20-40(37,42)4/h1-2,10,14,23-24,30,32-37,45H,7-9,11-13,15-22,25H2,3-4H3/t30?,32-,33?,34-,35?,36+,37?,39+,40+,41+,42+/m1/s1. The zero-order valence-corrected chi connectivity index (χ0v) is 28.2. The number of carbonyl (C=O) groups excluding carboxylic acids is 2. The largest absolute Gasteiger partial charge is 0.482 e. The van der Waals surface area contributed by atoms with E-state index in [0.29, 0.717) is 72.2 Å². The van der Waals surface area contributed by atoms with Crippen molar-refractivity contribution in [3.63, 3.8) is 0 Å². The van der Waals surface area contributed by atoms with E-state index in [4.69, 9.17) is 22.3 Å². The van der Waals surface area contributed by atoms with E-state index in [0.717, 1.165) is 70.6 Å². The van der Waals surface area contributed by atoms with Gasteiger partial charge in [0.1, 0.15) is 11.4 Å². The zero-order chi connectivity index (χ0) is 32.8. The fourth-order valence-electron chi connectivity index (χ4n) is 12.9. The monoisotopic (exact) mass is 634 g/mol. The summed E-state index contributed by atoms with van der Waals surface area (Å²) in [6.45, 7) is 4.33. The summed E-state index contributed by atoms with van der Waals surface area (Å²) in [6.07, 6.45) is 27.3. The molecule has 8 rings (SSSR count). The van der Waals surface area contributed by atoms with Gasteiger partial charge in [-0.3, -0.25) is 4.79 Å². The number of hydrogen-bond donors (Lipinski definition) is 1. The minimum absolute atomic E-state index is 0.156. The molecule has 0 saturated heterocycles. The Morgan fingerprint density at radius 1 is 0.851 bits per heavy atom. The smallest absolute Gasteiger partial charge is 0.345 e. The SMILES string of the molecule is C#C[C@]1(O)CC[C@H]2[C@@H]3CCc4cc(OCC(=O)O[C@@]5(C#C)CCC6C7CCC8=CC(=O)CCC8C7CC[C@@]65C)ccc4[C@H]3CC[C@@]21C. The molecule has 7 aliphatic rings. The first kappa shape index (κ1) is 31.3. The lowest BCUT2D eigenvalue weighted by Gasteiger charge is -2.55. The van der Waals surface area contributed by atoms with Crippen LogP contribution in [0.4, 0.5) is 0 Å². The first-order valence-electron chi connectivity index (χ1n) is 18.4. The van der Waals surface area contributed by atoms with Crippen LogP contribution in [0.1, 0.15) is 114 Å². The molecule has 5 saturated carbocycles. The summed E-state index contributed by atoms with van der Waals surface area (Å²) in [6, 6.07) is 6.33. The number of benzene rings is 1. The number of fused-ring (bicyclic) bond motifs is 10. The highest BCUT2D eigenvalue weighted by molar-refractivity contribution is 5.91. The molecule has 0 radical (unpaired) electrons. The third-order valence-electron chi connectivity index (χ3n) is 15.4. The maximum Gasteiger partial charge on any atom is 0.345 e. The molecule has 5 fully saturated rings. The quantitative estimate of drug-likeness (QED) is 0.277. The Balaban J connectivity index is 0.923. The zero-order valence-electron chi connectivity index (χ0n) is 28.2. The first-order chi connectivity index (χ1) is 22.5. The van der Waals surface area contributed by atoms with Crippen molar-refractivity contribution in [2.75, 3.05) is 6.61 Å². The van der Waals surface area contributed by atoms with E-state index in [2.05, 4.69) is 37.8 Å². The van der Waals surface area contributed by atoms with Crippen molar-refractivity contribution >= 4 is 11.8 Å². The molecular formula is C42H50O5. The van der Waals surface area contributed by atoms with Crippen LogP contribution in [0.3, 0.4) is 0 Å². The Labute approximate surface area is 280 Å². The Morgan fingerprint density at radius 2 is 1.62 bits per heavy atom. The summed E-state index contributed by atoms with van der Waals surface area (Å²) in [5.41, 5.74) is 1.73. The summed E-state index contributed by atoms with van der Waals surface area (Å²) in [7, 11) is 0. The van der Waals surface area contributed by atoms with Gasteiger partial charge in [0.25, 0.3) is 0 Å². The highest BCUT2D eigenvalue weighted by atomic mass is 16.6. The highest BCUT2D eigenvalue weighted by Gasteiger charge is 2.65. The topological polar surface area (TPSA) is 72.8 Å². The molecule has 5 heteroatoms. The van der Waals surface area contributed by atoms with Crippen LogP contribution >= 0.6 is 0 Å². The van der Waals surface area contributed by atoms with Gasteiger partial charge >= 0.3 is 5.97 Å². The lowest BCUT2D eigenvalue weighted by Crippen LogP contribution is -2.54. The number of esters is 1. The van der Waals surface area contributed by atoms with Crippen LogP contribution in [0.2, 0.25) is 0 Å². The van der Waals surface area contributed by atoms with Crippen molar-refractivity contribution in [3.05, 3.63) is 41.0 Å². The van der Waals surface area contributed by atoms with Crippen LogP contribution in [-0.2, 0) is 20.7 Å². The minimum atomic E-state index is -0.987. The maximum absolute atomic E-state index is 13.4. The Bertz CT molecular complexity index is 1610. The average molecular weight is 635 g/mol. The van der Waals surface area contributed by atoms with Gasteiger partial charge in [-0.05, 0) is 154 Å². The second-order valence-electron chi connectivity index (χ2n) is 16.8. The normalized spacial score (nSPS) is 44.6. The molecule has 0 bridgehead atoms. The van der Waals surface area contributed by atoms with Crippen molar-refractivity contribution in [2.24, 2.45) is 46.3 Å². The minimum Gasteiger partial charge on any atom is -0.482 e. The number of ether oxygens (including phenoxy) is 2. The molecule has 1 aromatic carbocycles. The van der Waals surface area contributed by atoms with Crippen LogP contribution in [0, 0.1) is 71.0 Å². The van der Waals surface area contributed by atoms with Crippen LogP contribution in [0.25, 0.3) is 0 Å². The van der Waals surface area contributed by atoms with Gasteiger partial charge in [-0.1, -0.05) is 37.3 Å². The fraction of sp³-hybridized carbons (Fsp3) is 0.667. The fourth-order valence-corrected chi connectivity index (χ4v) is 12.9. The number of hydrogen-bond acceptors (Lipinski definition) is 5. The second-order valence-corrected chi connectivity index (χ2v) is 16.8. The highest BCUT2D eigenvalue weighted by Crippen LogP contribution is 2.66. The van der Waals surface area contributed by atoms with Crippen molar-refractivity contribution in [1.29, 1.82) is 0 Å². The summed E-state index contributed by atoms with van der Waals surface area (Å²) < 4.78 is 12.4. The molecular weight excluding hydrogens is 584 g/mol. The lowest BCUT2D eigenvalue weighted by molar-refractivity contribution is -0.172. The molecule has 0 aliphatic heterocycles. The molecule has 1 N–H and O–H groups in total. The molecule has 11 atom stereocenters. The van der Waals surface area contributed by atoms with Gasteiger partial charge in [-0.2, -0.15) is 0 Å². The number of aliphatic hydroxyl groups is 1. The molecule has 0 spiro atoms. The number of ketones is 1. The van der Waals surface area contributed by atoms with Crippen molar-refractivity contribution in [1.82, 2.24) is 0 Å². The number of allylic oxidation sites excluding steroid dienone is 1. The van der Waals surface area contributed by atoms with Gasteiger partial charge in [0.05, 0.1) is 0 Å². The van der Waals surface area contributed by atoms with Crippen LogP contribution in [0.15, 0.2) is 29.8 Å². The van der Waals surface area contributed by atoms with E-state index in [-0.39, 0.29) is 17.4 Å². The van der Waals surface area contributed by atoms with Crippen LogP contribution in [0.5, 0.6) is 5.75 Å². The third-order valence-corrected chi connectivity index (χ3v) is 15.4. The van der Waals surface area contributed by atoms with E-state index in [1.54, 1.807) is 0 Å². The number of carbonyl (C=O) groups is 2. The predicted octanol–water partition coefficient (Wildman–Crippen LogP) is 7.34. The Morgan fingerprint density at radius 3 is 2.43 bits per heavy atom. The number of aryl methyl sites for hydroxylation is 1.